The van der Waals surface area contributed by atoms with Crippen molar-refractivity contribution in [2.75, 3.05) is 20.3 Å². The normalized spacial score (nSPS) is 22.1. The number of hydrogen-bond donors (Lipinski definition) is 1. The maximum atomic E-state index is 10.2. The maximum absolute atomic E-state index is 10.2. The van der Waals surface area contributed by atoms with Crippen molar-refractivity contribution < 1.29 is 14.6 Å². The van der Waals surface area contributed by atoms with Crippen molar-refractivity contribution >= 4 is 15.9 Å². The highest BCUT2D eigenvalue weighted by Crippen LogP contribution is 2.33. The molecular weight excluding hydrogens is 272 g/mol. The summed E-state index contributed by atoms with van der Waals surface area (Å²) >= 11 is 3.42. The molecule has 1 fully saturated rings. The zero-order valence-corrected chi connectivity index (χ0v) is 10.7. The SMILES string of the molecule is COc1ccc(C(O)C2CCOC2)cc1Br. The first-order valence-electron chi connectivity index (χ1n) is 5.31. The van der Waals surface area contributed by atoms with Gasteiger partial charge in [0.05, 0.1) is 24.3 Å². The number of benzene rings is 1. The van der Waals surface area contributed by atoms with Gasteiger partial charge >= 0.3 is 0 Å². The number of halogens is 1. The topological polar surface area (TPSA) is 38.7 Å². The van der Waals surface area contributed by atoms with Crippen LogP contribution in [0.15, 0.2) is 22.7 Å². The second kappa shape index (κ2) is 5.17. The Hall–Kier alpha value is -0.580. The number of aliphatic hydroxyl groups excluding tert-OH is 1. The van der Waals surface area contributed by atoms with E-state index in [1.54, 1.807) is 7.11 Å². The molecular formula is C12H15BrO3. The summed E-state index contributed by atoms with van der Waals surface area (Å²) in [6, 6.07) is 5.66. The minimum Gasteiger partial charge on any atom is -0.496 e. The predicted molar refractivity (Wildman–Crippen MR) is 64.6 cm³/mol. The molecule has 2 unspecified atom stereocenters. The first-order valence-corrected chi connectivity index (χ1v) is 6.11. The molecule has 4 heteroatoms. The van der Waals surface area contributed by atoms with Crippen LogP contribution in [-0.2, 0) is 4.74 Å². The molecule has 0 radical (unpaired) electrons. The molecule has 0 bridgehead atoms. The molecule has 1 saturated heterocycles. The number of aliphatic hydroxyl groups is 1. The van der Waals surface area contributed by atoms with Crippen molar-refractivity contribution in [2.45, 2.75) is 12.5 Å². The quantitative estimate of drug-likeness (QED) is 0.928. The monoisotopic (exact) mass is 286 g/mol. The number of rotatable bonds is 3. The van der Waals surface area contributed by atoms with E-state index >= 15 is 0 Å². The van der Waals surface area contributed by atoms with Crippen LogP contribution in [0.5, 0.6) is 5.75 Å². The molecule has 0 saturated carbocycles. The van der Waals surface area contributed by atoms with Gasteiger partial charge < -0.3 is 14.6 Å². The van der Waals surface area contributed by atoms with Gasteiger partial charge in [-0.25, -0.2) is 0 Å². The van der Waals surface area contributed by atoms with Gasteiger partial charge in [0.15, 0.2) is 0 Å². The summed E-state index contributed by atoms with van der Waals surface area (Å²) in [4.78, 5) is 0. The van der Waals surface area contributed by atoms with Crippen LogP contribution in [0.2, 0.25) is 0 Å². The van der Waals surface area contributed by atoms with E-state index in [1.807, 2.05) is 18.2 Å². The summed E-state index contributed by atoms with van der Waals surface area (Å²) in [5.74, 6) is 0.985. The Morgan fingerprint density at radius 1 is 1.56 bits per heavy atom. The summed E-state index contributed by atoms with van der Waals surface area (Å²) in [6.07, 6.45) is 0.467. The highest BCUT2D eigenvalue weighted by Gasteiger charge is 2.25. The minimum atomic E-state index is -0.454. The molecule has 1 heterocycles. The Balaban J connectivity index is 2.16. The average molecular weight is 287 g/mol. The zero-order chi connectivity index (χ0) is 11.5. The lowest BCUT2D eigenvalue weighted by atomic mass is 9.95. The molecule has 1 N–H and O–H groups in total. The van der Waals surface area contributed by atoms with E-state index in [9.17, 15) is 5.11 Å². The van der Waals surface area contributed by atoms with Gasteiger partial charge in [0.2, 0.25) is 0 Å². The van der Waals surface area contributed by atoms with E-state index < -0.39 is 6.10 Å². The summed E-state index contributed by atoms with van der Waals surface area (Å²) in [5, 5.41) is 10.2. The van der Waals surface area contributed by atoms with E-state index in [0.717, 1.165) is 28.8 Å². The van der Waals surface area contributed by atoms with Crippen LogP contribution in [0.1, 0.15) is 18.1 Å². The van der Waals surface area contributed by atoms with Crippen molar-refractivity contribution in [1.82, 2.24) is 0 Å². The predicted octanol–water partition coefficient (Wildman–Crippen LogP) is 2.53. The van der Waals surface area contributed by atoms with E-state index in [2.05, 4.69) is 15.9 Å². The van der Waals surface area contributed by atoms with E-state index in [4.69, 9.17) is 9.47 Å². The highest BCUT2D eigenvalue weighted by molar-refractivity contribution is 9.10. The van der Waals surface area contributed by atoms with Crippen LogP contribution in [-0.4, -0.2) is 25.4 Å². The van der Waals surface area contributed by atoms with E-state index in [1.165, 1.54) is 0 Å². The second-order valence-electron chi connectivity index (χ2n) is 3.96. The first-order chi connectivity index (χ1) is 7.72. The lowest BCUT2D eigenvalue weighted by Gasteiger charge is -2.17. The van der Waals surface area contributed by atoms with Crippen LogP contribution < -0.4 is 4.74 Å². The van der Waals surface area contributed by atoms with Crippen molar-refractivity contribution in [3.8, 4) is 5.75 Å². The number of methoxy groups -OCH3 is 1. The second-order valence-corrected chi connectivity index (χ2v) is 4.82. The fourth-order valence-corrected chi connectivity index (χ4v) is 2.50. The first kappa shape index (κ1) is 11.9. The van der Waals surface area contributed by atoms with Gasteiger partial charge in [0.1, 0.15) is 5.75 Å². The summed E-state index contributed by atoms with van der Waals surface area (Å²) in [6.45, 7) is 1.39. The molecule has 1 aromatic carbocycles. The number of ether oxygens (including phenoxy) is 2. The molecule has 2 atom stereocenters. The zero-order valence-electron chi connectivity index (χ0n) is 9.15. The molecule has 1 aromatic rings. The van der Waals surface area contributed by atoms with Gasteiger partial charge in [-0.3, -0.25) is 0 Å². The van der Waals surface area contributed by atoms with Crippen molar-refractivity contribution in [2.24, 2.45) is 5.92 Å². The lowest BCUT2D eigenvalue weighted by Crippen LogP contribution is -2.12. The number of hydrogen-bond acceptors (Lipinski definition) is 3. The Kier molecular flexibility index (Phi) is 3.84. The van der Waals surface area contributed by atoms with Gasteiger partial charge in [-0.1, -0.05) is 6.07 Å². The molecule has 0 amide bonds. The van der Waals surface area contributed by atoms with Gasteiger partial charge in [-0.05, 0) is 40.0 Å². The summed E-state index contributed by atoms with van der Waals surface area (Å²) < 4.78 is 11.3. The fourth-order valence-electron chi connectivity index (χ4n) is 1.94. The van der Waals surface area contributed by atoms with Crippen LogP contribution in [0, 0.1) is 5.92 Å². The van der Waals surface area contributed by atoms with Gasteiger partial charge in [-0.2, -0.15) is 0 Å². The van der Waals surface area contributed by atoms with Gasteiger partial charge in [-0.15, -0.1) is 0 Å². The summed E-state index contributed by atoms with van der Waals surface area (Å²) in [7, 11) is 1.63. The van der Waals surface area contributed by atoms with Crippen LogP contribution in [0.25, 0.3) is 0 Å². The maximum Gasteiger partial charge on any atom is 0.133 e. The van der Waals surface area contributed by atoms with Crippen LogP contribution in [0.3, 0.4) is 0 Å². The molecule has 2 rings (SSSR count). The van der Waals surface area contributed by atoms with Crippen molar-refractivity contribution in [3.05, 3.63) is 28.2 Å². The Morgan fingerprint density at radius 3 is 2.94 bits per heavy atom. The Labute approximate surface area is 104 Å². The summed E-state index contributed by atoms with van der Waals surface area (Å²) in [5.41, 5.74) is 0.906. The molecule has 1 aliphatic rings. The standard InChI is InChI=1S/C12H15BrO3/c1-15-11-3-2-8(6-10(11)13)12(14)9-4-5-16-7-9/h2-3,6,9,12,14H,4-5,7H2,1H3. The van der Waals surface area contributed by atoms with Gasteiger partial charge in [0.25, 0.3) is 0 Å². The third-order valence-electron chi connectivity index (χ3n) is 2.93. The minimum absolute atomic E-state index is 0.209. The highest BCUT2D eigenvalue weighted by atomic mass is 79.9. The van der Waals surface area contributed by atoms with Gasteiger partial charge in [0, 0.05) is 12.5 Å². The molecule has 0 aromatic heterocycles. The Bertz CT molecular complexity index is 361. The molecule has 1 aliphatic heterocycles. The molecule has 0 aliphatic carbocycles. The largest absolute Gasteiger partial charge is 0.496 e. The van der Waals surface area contributed by atoms with Crippen molar-refractivity contribution in [3.63, 3.8) is 0 Å². The van der Waals surface area contributed by atoms with E-state index in [-0.39, 0.29) is 5.92 Å². The molecule has 0 spiro atoms. The molecule has 16 heavy (non-hydrogen) atoms. The van der Waals surface area contributed by atoms with E-state index in [0.29, 0.717) is 6.61 Å². The lowest BCUT2D eigenvalue weighted by molar-refractivity contribution is 0.0917. The Morgan fingerprint density at radius 2 is 2.38 bits per heavy atom. The smallest absolute Gasteiger partial charge is 0.133 e. The third-order valence-corrected chi connectivity index (χ3v) is 3.55. The average Bonchev–Trinajstić information content (AvgIpc) is 2.81. The van der Waals surface area contributed by atoms with Crippen molar-refractivity contribution in [1.29, 1.82) is 0 Å². The third kappa shape index (κ3) is 2.39. The molecule has 88 valence electrons. The van der Waals surface area contributed by atoms with Crippen LogP contribution >= 0.6 is 15.9 Å². The van der Waals surface area contributed by atoms with Crippen LogP contribution in [0.4, 0.5) is 0 Å². The molecule has 3 nitrogen and oxygen atoms in total. The fraction of sp³-hybridized carbons (Fsp3) is 0.500.